The fraction of sp³-hybridized carbons (Fsp3) is 0.182. The number of imidazole rings is 1. The van der Waals surface area contributed by atoms with Crippen molar-refractivity contribution in [3.05, 3.63) is 40.7 Å². The molecule has 0 atom stereocenters. The third kappa shape index (κ3) is 1.78. The number of benzene rings is 1. The van der Waals surface area contributed by atoms with E-state index in [2.05, 4.69) is 11.6 Å². The summed E-state index contributed by atoms with van der Waals surface area (Å²) in [5, 5.41) is 0. The van der Waals surface area contributed by atoms with E-state index >= 15 is 0 Å². The quantitative estimate of drug-likeness (QED) is 0.629. The van der Waals surface area contributed by atoms with E-state index in [1.54, 1.807) is 4.57 Å². The summed E-state index contributed by atoms with van der Waals surface area (Å²) in [6, 6.07) is 2.09. The Morgan fingerprint density at radius 1 is 1.50 bits per heavy atom. The van der Waals surface area contributed by atoms with Crippen molar-refractivity contribution in [1.82, 2.24) is 9.55 Å². The van der Waals surface area contributed by atoms with Crippen LogP contribution in [-0.2, 0) is 6.54 Å². The third-order valence-corrected chi connectivity index (χ3v) is 2.55. The van der Waals surface area contributed by atoms with Gasteiger partial charge in [-0.15, -0.1) is 0 Å². The van der Waals surface area contributed by atoms with E-state index in [1.807, 2.05) is 6.92 Å². The predicted molar refractivity (Wildman–Crippen MR) is 61.9 cm³/mol. The van der Waals surface area contributed by atoms with Gasteiger partial charge in [0.15, 0.2) is 10.6 Å². The Bertz CT molecular complexity index is 625. The molecule has 1 N–H and O–H groups in total. The van der Waals surface area contributed by atoms with Crippen LogP contribution in [0, 0.1) is 16.4 Å². The number of aromatic nitrogens is 2. The van der Waals surface area contributed by atoms with Crippen molar-refractivity contribution < 1.29 is 8.78 Å². The highest BCUT2D eigenvalue weighted by Gasteiger charge is 2.10. The Morgan fingerprint density at radius 2 is 2.19 bits per heavy atom. The summed E-state index contributed by atoms with van der Waals surface area (Å²) in [4.78, 5) is 2.72. The molecule has 0 radical (unpaired) electrons. The number of H-pyrrole nitrogens is 1. The molecule has 0 unspecified atom stereocenters. The highest BCUT2D eigenvalue weighted by molar-refractivity contribution is 7.71. The minimum absolute atomic E-state index is 0.229. The summed E-state index contributed by atoms with van der Waals surface area (Å²) >= 11 is 5.05. The normalized spacial score (nSPS) is 10.9. The van der Waals surface area contributed by atoms with Crippen LogP contribution < -0.4 is 0 Å². The van der Waals surface area contributed by atoms with Crippen LogP contribution >= 0.6 is 12.2 Å². The maximum absolute atomic E-state index is 13.4. The van der Waals surface area contributed by atoms with Crippen LogP contribution in [0.4, 0.5) is 8.78 Å². The van der Waals surface area contributed by atoms with Crippen LogP contribution in [0.5, 0.6) is 0 Å². The predicted octanol–water partition coefficient (Wildman–Crippen LogP) is 3.55. The monoisotopic (exact) mass is 240 g/mol. The first-order valence-electron chi connectivity index (χ1n) is 4.71. The van der Waals surface area contributed by atoms with Crippen molar-refractivity contribution in [2.45, 2.75) is 13.5 Å². The Balaban J connectivity index is 2.78. The minimum atomic E-state index is -0.637. The number of fused-ring (bicyclic) bond motifs is 1. The highest BCUT2D eigenvalue weighted by atomic mass is 32.1. The van der Waals surface area contributed by atoms with E-state index in [0.29, 0.717) is 16.8 Å². The largest absolute Gasteiger partial charge is 0.328 e. The molecule has 84 valence electrons. The molecule has 2 rings (SSSR count). The number of nitrogens with one attached hydrogen (secondary N) is 1. The van der Waals surface area contributed by atoms with Gasteiger partial charge in [0.25, 0.3) is 0 Å². The van der Waals surface area contributed by atoms with Crippen LogP contribution in [0.1, 0.15) is 6.92 Å². The second-order valence-electron chi connectivity index (χ2n) is 3.76. The van der Waals surface area contributed by atoms with Gasteiger partial charge in [0.2, 0.25) is 0 Å². The van der Waals surface area contributed by atoms with E-state index in [0.717, 1.165) is 11.6 Å². The van der Waals surface area contributed by atoms with E-state index in [9.17, 15) is 8.78 Å². The Morgan fingerprint density at radius 3 is 2.81 bits per heavy atom. The fourth-order valence-electron chi connectivity index (χ4n) is 1.61. The van der Waals surface area contributed by atoms with Crippen molar-refractivity contribution in [2.75, 3.05) is 0 Å². The summed E-state index contributed by atoms with van der Waals surface area (Å²) in [5.41, 5.74) is 1.51. The maximum Gasteiger partial charge on any atom is 0.178 e. The van der Waals surface area contributed by atoms with Crippen LogP contribution in [0.3, 0.4) is 0 Å². The van der Waals surface area contributed by atoms with Gasteiger partial charge in [0.05, 0.1) is 5.52 Å². The molecule has 2 aromatic rings. The van der Waals surface area contributed by atoms with Crippen molar-refractivity contribution in [2.24, 2.45) is 0 Å². The van der Waals surface area contributed by atoms with Crippen LogP contribution in [0.25, 0.3) is 11.0 Å². The lowest BCUT2D eigenvalue weighted by atomic mass is 10.3. The van der Waals surface area contributed by atoms with Gasteiger partial charge in [0.1, 0.15) is 11.3 Å². The maximum atomic E-state index is 13.4. The molecule has 1 aromatic heterocycles. The van der Waals surface area contributed by atoms with Crippen LogP contribution in [0.2, 0.25) is 0 Å². The zero-order chi connectivity index (χ0) is 11.9. The number of rotatable bonds is 2. The molecule has 5 heteroatoms. The average Bonchev–Trinajstić information content (AvgIpc) is 2.45. The van der Waals surface area contributed by atoms with Crippen molar-refractivity contribution in [3.63, 3.8) is 0 Å². The summed E-state index contributed by atoms with van der Waals surface area (Å²) in [7, 11) is 0. The molecule has 1 heterocycles. The zero-order valence-electron chi connectivity index (χ0n) is 8.68. The van der Waals surface area contributed by atoms with Gasteiger partial charge in [-0.25, -0.2) is 8.78 Å². The molecule has 0 saturated carbocycles. The number of allylic oxidation sites excluding steroid dienone is 1. The zero-order valence-corrected chi connectivity index (χ0v) is 9.50. The Labute approximate surface area is 96.2 Å². The van der Waals surface area contributed by atoms with E-state index in [1.165, 1.54) is 6.07 Å². The van der Waals surface area contributed by atoms with Gasteiger partial charge in [-0.1, -0.05) is 12.2 Å². The molecule has 0 spiro atoms. The number of aromatic amines is 1. The topological polar surface area (TPSA) is 20.7 Å². The number of hydrogen-bond donors (Lipinski definition) is 1. The Kier molecular flexibility index (Phi) is 2.63. The average molecular weight is 240 g/mol. The summed E-state index contributed by atoms with van der Waals surface area (Å²) in [6.45, 7) is 6.03. The first-order chi connectivity index (χ1) is 7.49. The van der Waals surface area contributed by atoms with E-state index < -0.39 is 11.6 Å². The standard InChI is InChI=1S/C11H10F2N2S/c1-6(2)5-15-9-4-7(12)3-8(13)10(9)14-11(15)16/h3-4H,1,5H2,2H3,(H,14,16). The molecular formula is C11H10F2N2S. The SMILES string of the molecule is C=C(C)Cn1c(=S)[nH]c2c(F)cc(F)cc21. The molecule has 0 amide bonds. The van der Waals surface area contributed by atoms with Crippen molar-refractivity contribution in [3.8, 4) is 0 Å². The second-order valence-corrected chi connectivity index (χ2v) is 4.14. The molecule has 0 fully saturated rings. The summed E-state index contributed by atoms with van der Waals surface area (Å²) in [6.07, 6.45) is 0. The Hall–Kier alpha value is -1.49. The first-order valence-corrected chi connectivity index (χ1v) is 5.12. The van der Waals surface area contributed by atoms with Gasteiger partial charge in [-0.05, 0) is 25.2 Å². The van der Waals surface area contributed by atoms with Crippen molar-refractivity contribution in [1.29, 1.82) is 0 Å². The molecule has 0 bridgehead atoms. The van der Waals surface area contributed by atoms with Gasteiger partial charge in [-0.2, -0.15) is 0 Å². The molecule has 0 aliphatic heterocycles. The fourth-order valence-corrected chi connectivity index (χ4v) is 1.87. The lowest BCUT2D eigenvalue weighted by molar-refractivity contribution is 0.590. The third-order valence-electron chi connectivity index (χ3n) is 2.23. The molecule has 16 heavy (non-hydrogen) atoms. The van der Waals surface area contributed by atoms with Gasteiger partial charge < -0.3 is 9.55 Å². The molecule has 2 nitrogen and oxygen atoms in total. The van der Waals surface area contributed by atoms with E-state index in [-0.39, 0.29) is 5.52 Å². The molecular weight excluding hydrogens is 230 g/mol. The van der Waals surface area contributed by atoms with Crippen LogP contribution in [-0.4, -0.2) is 9.55 Å². The summed E-state index contributed by atoms with van der Waals surface area (Å²) < 4.78 is 28.5. The van der Waals surface area contributed by atoms with Crippen LogP contribution in [0.15, 0.2) is 24.3 Å². The van der Waals surface area contributed by atoms with Crippen molar-refractivity contribution >= 4 is 23.3 Å². The molecule has 0 aliphatic carbocycles. The van der Waals surface area contributed by atoms with Gasteiger partial charge >= 0.3 is 0 Å². The smallest absolute Gasteiger partial charge is 0.178 e. The molecule has 0 aliphatic rings. The number of nitrogens with zero attached hydrogens (tertiary/aromatic N) is 1. The lowest BCUT2D eigenvalue weighted by Gasteiger charge is -2.03. The van der Waals surface area contributed by atoms with Gasteiger partial charge in [-0.3, -0.25) is 0 Å². The van der Waals surface area contributed by atoms with Gasteiger partial charge in [0, 0.05) is 12.6 Å². The number of hydrogen-bond acceptors (Lipinski definition) is 1. The second kappa shape index (κ2) is 3.83. The highest BCUT2D eigenvalue weighted by Crippen LogP contribution is 2.20. The van der Waals surface area contributed by atoms with E-state index in [4.69, 9.17) is 12.2 Å². The molecule has 1 aromatic carbocycles. The first kappa shape index (κ1) is 11.0. The summed E-state index contributed by atoms with van der Waals surface area (Å²) in [5.74, 6) is -1.25. The molecule has 0 saturated heterocycles. The minimum Gasteiger partial charge on any atom is -0.328 e. The number of halogens is 2. The lowest BCUT2D eigenvalue weighted by Crippen LogP contribution is -1.98.